The molecule has 2 N–H and O–H groups in total. The fraction of sp³-hybridized carbons (Fsp3) is 0.538. The van der Waals surface area contributed by atoms with Gasteiger partial charge in [0.1, 0.15) is 0 Å². The number of carbonyl (C=O) groups is 2. The highest BCUT2D eigenvalue weighted by Gasteiger charge is 2.34. The maximum absolute atomic E-state index is 12.1. The van der Waals surface area contributed by atoms with E-state index in [0.717, 1.165) is 0 Å². The third-order valence-corrected chi connectivity index (χ3v) is 3.49. The van der Waals surface area contributed by atoms with E-state index in [2.05, 4.69) is 15.3 Å². The fourth-order valence-electron chi connectivity index (χ4n) is 2.33. The number of aromatic nitrogens is 2. The van der Waals surface area contributed by atoms with Crippen molar-refractivity contribution in [2.75, 3.05) is 19.5 Å². The Balaban J connectivity index is 2.04. The number of carboxylic acids is 1. The van der Waals surface area contributed by atoms with Crippen molar-refractivity contribution >= 4 is 17.8 Å². The number of carboxylic acid groups (broad SMARTS) is 1. The summed E-state index contributed by atoms with van der Waals surface area (Å²) < 4.78 is 9.99. The van der Waals surface area contributed by atoms with Gasteiger partial charge >= 0.3 is 5.97 Å². The highest BCUT2D eigenvalue weighted by atomic mass is 16.5. The number of methoxy groups -OCH3 is 2. The Morgan fingerprint density at radius 3 is 2.24 bits per heavy atom. The van der Waals surface area contributed by atoms with E-state index in [4.69, 9.17) is 14.6 Å². The van der Waals surface area contributed by atoms with Gasteiger partial charge in [-0.3, -0.25) is 14.9 Å². The average molecular weight is 295 g/mol. The Morgan fingerprint density at radius 1 is 1.19 bits per heavy atom. The van der Waals surface area contributed by atoms with Crippen LogP contribution in [-0.2, 0) is 9.59 Å². The monoisotopic (exact) mass is 295 g/mol. The summed E-state index contributed by atoms with van der Waals surface area (Å²) in [7, 11) is 2.89. The van der Waals surface area contributed by atoms with Gasteiger partial charge in [0.05, 0.1) is 26.2 Å². The number of rotatable bonds is 5. The van der Waals surface area contributed by atoms with E-state index in [-0.39, 0.29) is 29.5 Å². The Bertz CT molecular complexity index is 526. The minimum atomic E-state index is -0.857. The Hall–Kier alpha value is -2.38. The van der Waals surface area contributed by atoms with Crippen LogP contribution in [0, 0.1) is 11.8 Å². The van der Waals surface area contributed by atoms with E-state index < -0.39 is 11.9 Å². The number of carbonyl (C=O) groups excluding carboxylic acids is 1. The van der Waals surface area contributed by atoms with Gasteiger partial charge < -0.3 is 14.6 Å². The summed E-state index contributed by atoms with van der Waals surface area (Å²) in [5.74, 6) is -1.32. The van der Waals surface area contributed by atoms with Crippen LogP contribution in [0.4, 0.5) is 5.95 Å². The molecule has 0 aliphatic heterocycles. The summed E-state index contributed by atoms with van der Waals surface area (Å²) in [6.45, 7) is 0. The minimum absolute atomic E-state index is 0.0787. The molecule has 2 rings (SSSR count). The molecule has 0 aromatic carbocycles. The lowest BCUT2D eigenvalue weighted by Gasteiger charge is -2.11. The van der Waals surface area contributed by atoms with Crippen molar-refractivity contribution in [3.63, 3.8) is 0 Å². The summed E-state index contributed by atoms with van der Waals surface area (Å²) in [5.41, 5.74) is 0. The Kier molecular flexibility index (Phi) is 4.56. The second-order valence-corrected chi connectivity index (χ2v) is 4.81. The zero-order valence-electron chi connectivity index (χ0n) is 11.8. The number of aliphatic carboxylic acids is 1. The standard InChI is InChI=1S/C13H17N3O5/c1-20-9-6-10(21-2)15-13(14-9)16-11(17)7-3-4-8(5-7)12(18)19/h6-8H,3-5H2,1-2H3,(H,18,19)(H,14,15,16,17). The molecule has 8 nitrogen and oxygen atoms in total. The van der Waals surface area contributed by atoms with Gasteiger partial charge in [0.25, 0.3) is 0 Å². The molecular weight excluding hydrogens is 278 g/mol. The summed E-state index contributed by atoms with van der Waals surface area (Å²) in [6.07, 6.45) is 1.39. The molecule has 1 aromatic heterocycles. The van der Waals surface area contributed by atoms with Gasteiger partial charge in [-0.05, 0) is 19.3 Å². The number of nitrogens with one attached hydrogen (secondary N) is 1. The molecule has 2 atom stereocenters. The molecule has 2 unspecified atom stereocenters. The van der Waals surface area contributed by atoms with Crippen LogP contribution < -0.4 is 14.8 Å². The lowest BCUT2D eigenvalue weighted by atomic mass is 10.0. The van der Waals surface area contributed by atoms with Crippen LogP contribution in [0.1, 0.15) is 19.3 Å². The number of amides is 1. The predicted octanol–water partition coefficient (Wildman–Crippen LogP) is 0.933. The summed E-state index contributed by atoms with van der Waals surface area (Å²) in [5, 5.41) is 11.5. The van der Waals surface area contributed by atoms with Gasteiger partial charge in [-0.15, -0.1) is 0 Å². The van der Waals surface area contributed by atoms with Gasteiger partial charge in [-0.2, -0.15) is 9.97 Å². The van der Waals surface area contributed by atoms with E-state index in [1.54, 1.807) is 0 Å². The first kappa shape index (κ1) is 15.0. The molecule has 21 heavy (non-hydrogen) atoms. The quantitative estimate of drug-likeness (QED) is 0.831. The van der Waals surface area contributed by atoms with Gasteiger partial charge in [0.2, 0.25) is 23.6 Å². The van der Waals surface area contributed by atoms with Crippen LogP contribution in [0.5, 0.6) is 11.8 Å². The normalized spacial score (nSPS) is 20.9. The highest BCUT2D eigenvalue weighted by molar-refractivity contribution is 5.91. The topological polar surface area (TPSA) is 111 Å². The van der Waals surface area contributed by atoms with E-state index in [9.17, 15) is 9.59 Å². The highest BCUT2D eigenvalue weighted by Crippen LogP contribution is 2.31. The fourth-order valence-corrected chi connectivity index (χ4v) is 2.33. The van der Waals surface area contributed by atoms with Crippen molar-refractivity contribution in [1.29, 1.82) is 0 Å². The van der Waals surface area contributed by atoms with Gasteiger partial charge in [0.15, 0.2) is 0 Å². The van der Waals surface area contributed by atoms with Crippen LogP contribution in [0.2, 0.25) is 0 Å². The van der Waals surface area contributed by atoms with E-state index in [1.165, 1.54) is 20.3 Å². The SMILES string of the molecule is COc1cc(OC)nc(NC(=O)C2CCC(C(=O)O)C2)n1. The minimum Gasteiger partial charge on any atom is -0.481 e. The first-order valence-electron chi connectivity index (χ1n) is 6.54. The summed E-state index contributed by atoms with van der Waals surface area (Å²) in [4.78, 5) is 31.0. The van der Waals surface area contributed by atoms with Gasteiger partial charge in [-0.1, -0.05) is 0 Å². The smallest absolute Gasteiger partial charge is 0.306 e. The predicted molar refractivity (Wildman–Crippen MR) is 72.2 cm³/mol. The van der Waals surface area contributed by atoms with Crippen molar-refractivity contribution < 1.29 is 24.2 Å². The molecule has 0 bridgehead atoms. The van der Waals surface area contributed by atoms with Gasteiger partial charge in [-0.25, -0.2) is 0 Å². The van der Waals surface area contributed by atoms with Crippen molar-refractivity contribution in [2.24, 2.45) is 11.8 Å². The molecule has 0 saturated heterocycles. The van der Waals surface area contributed by atoms with Gasteiger partial charge in [0, 0.05) is 5.92 Å². The zero-order chi connectivity index (χ0) is 15.4. The molecule has 114 valence electrons. The first-order valence-corrected chi connectivity index (χ1v) is 6.54. The van der Waals surface area contributed by atoms with Crippen molar-refractivity contribution in [2.45, 2.75) is 19.3 Å². The molecular formula is C13H17N3O5. The van der Waals surface area contributed by atoms with E-state index >= 15 is 0 Å². The second-order valence-electron chi connectivity index (χ2n) is 4.81. The van der Waals surface area contributed by atoms with Crippen LogP contribution in [-0.4, -0.2) is 41.2 Å². The largest absolute Gasteiger partial charge is 0.481 e. The van der Waals surface area contributed by atoms with Crippen molar-refractivity contribution in [3.05, 3.63) is 6.07 Å². The second kappa shape index (κ2) is 6.38. The lowest BCUT2D eigenvalue weighted by molar-refractivity contribution is -0.141. The summed E-state index contributed by atoms with van der Waals surface area (Å²) >= 11 is 0. The maximum Gasteiger partial charge on any atom is 0.306 e. The van der Waals surface area contributed by atoms with Crippen LogP contribution in [0.3, 0.4) is 0 Å². The molecule has 8 heteroatoms. The molecule has 1 saturated carbocycles. The van der Waals surface area contributed by atoms with Crippen LogP contribution in [0.25, 0.3) is 0 Å². The lowest BCUT2D eigenvalue weighted by Crippen LogP contribution is -2.23. The summed E-state index contributed by atoms with van der Waals surface area (Å²) in [6, 6.07) is 1.49. The molecule has 1 aliphatic carbocycles. The van der Waals surface area contributed by atoms with Crippen LogP contribution >= 0.6 is 0 Å². The van der Waals surface area contributed by atoms with Crippen molar-refractivity contribution in [1.82, 2.24) is 9.97 Å². The van der Waals surface area contributed by atoms with Crippen LogP contribution in [0.15, 0.2) is 6.07 Å². The molecule has 1 aliphatic rings. The third-order valence-electron chi connectivity index (χ3n) is 3.49. The first-order chi connectivity index (χ1) is 10.0. The molecule has 1 fully saturated rings. The van der Waals surface area contributed by atoms with Crippen molar-refractivity contribution in [3.8, 4) is 11.8 Å². The third kappa shape index (κ3) is 3.59. The number of hydrogen-bond acceptors (Lipinski definition) is 6. The molecule has 0 radical (unpaired) electrons. The number of nitrogens with zero attached hydrogens (tertiary/aromatic N) is 2. The van der Waals surface area contributed by atoms with E-state index in [0.29, 0.717) is 19.3 Å². The molecule has 0 spiro atoms. The molecule has 1 aromatic rings. The number of hydrogen-bond donors (Lipinski definition) is 2. The average Bonchev–Trinajstić information content (AvgIpc) is 2.97. The molecule has 1 heterocycles. The number of ether oxygens (including phenoxy) is 2. The molecule has 1 amide bonds. The maximum atomic E-state index is 12.1. The zero-order valence-corrected chi connectivity index (χ0v) is 11.8. The van der Waals surface area contributed by atoms with E-state index in [1.807, 2.05) is 0 Å². The Morgan fingerprint density at radius 2 is 1.76 bits per heavy atom. The Labute approximate surface area is 121 Å². The number of anilines is 1.